The molecule has 0 bridgehead atoms. The summed E-state index contributed by atoms with van der Waals surface area (Å²) in [6, 6.07) is 0. The molecule has 0 radical (unpaired) electrons. The minimum atomic E-state index is -0.394. The van der Waals surface area contributed by atoms with Gasteiger partial charge in [0.1, 0.15) is 6.61 Å². The largest absolute Gasteiger partial charge is 0.460 e. The normalized spacial score (nSPS) is 10.5. The van der Waals surface area contributed by atoms with Crippen LogP contribution in [0.15, 0.2) is 12.2 Å². The first-order chi connectivity index (χ1) is 9.68. The lowest BCUT2D eigenvalue weighted by molar-refractivity contribution is -0.140. The maximum absolute atomic E-state index is 11.0. The second kappa shape index (κ2) is 14.5. The van der Waals surface area contributed by atoms with Crippen LogP contribution in [-0.4, -0.2) is 65.4 Å². The maximum atomic E-state index is 11.0. The van der Waals surface area contributed by atoms with Gasteiger partial charge in [-0.05, 0) is 13.8 Å². The Morgan fingerprint density at radius 2 is 1.20 bits per heavy atom. The first kappa shape index (κ1) is 19.1. The number of esters is 1. The van der Waals surface area contributed by atoms with Gasteiger partial charge in [-0.2, -0.15) is 0 Å². The van der Waals surface area contributed by atoms with Crippen LogP contribution in [0.5, 0.6) is 0 Å². The third kappa shape index (κ3) is 13.5. The highest BCUT2D eigenvalue weighted by molar-refractivity contribution is 5.86. The molecule has 0 spiro atoms. The molecule has 0 saturated carbocycles. The predicted molar refractivity (Wildman–Crippen MR) is 74.7 cm³/mol. The number of hydrogen-bond acceptors (Lipinski definition) is 6. The highest BCUT2D eigenvalue weighted by Gasteiger charge is 2.01. The molecule has 6 heteroatoms. The molecule has 0 saturated heterocycles. The fourth-order valence-corrected chi connectivity index (χ4v) is 1.12. The summed E-state index contributed by atoms with van der Waals surface area (Å²) in [7, 11) is 0. The molecule has 0 rings (SSSR count). The van der Waals surface area contributed by atoms with Gasteiger partial charge in [0.25, 0.3) is 0 Å². The molecule has 20 heavy (non-hydrogen) atoms. The summed E-state index contributed by atoms with van der Waals surface area (Å²) in [5, 5.41) is 0. The van der Waals surface area contributed by atoms with Crippen LogP contribution in [0.2, 0.25) is 0 Å². The average molecular weight is 290 g/mol. The van der Waals surface area contributed by atoms with Crippen LogP contribution in [0.4, 0.5) is 0 Å². The lowest BCUT2D eigenvalue weighted by atomic mass is 10.4. The molecule has 0 fully saturated rings. The van der Waals surface area contributed by atoms with E-state index in [1.807, 2.05) is 6.92 Å². The molecule has 0 aliphatic carbocycles. The fraction of sp³-hybridized carbons (Fsp3) is 0.786. The van der Waals surface area contributed by atoms with Gasteiger partial charge in [0, 0.05) is 12.2 Å². The summed E-state index contributed by atoms with van der Waals surface area (Å²) in [5.74, 6) is -0.394. The van der Waals surface area contributed by atoms with E-state index >= 15 is 0 Å². The van der Waals surface area contributed by atoms with Crippen LogP contribution in [0.1, 0.15) is 13.8 Å². The molecule has 0 unspecified atom stereocenters. The van der Waals surface area contributed by atoms with Crippen molar-refractivity contribution in [1.29, 1.82) is 0 Å². The molecule has 0 N–H and O–H groups in total. The topological polar surface area (TPSA) is 63.2 Å². The lowest BCUT2D eigenvalue weighted by Gasteiger charge is -2.07. The second-order valence-electron chi connectivity index (χ2n) is 3.95. The van der Waals surface area contributed by atoms with E-state index in [1.165, 1.54) is 0 Å². The van der Waals surface area contributed by atoms with E-state index in [1.54, 1.807) is 6.92 Å². The molecule has 0 aliphatic heterocycles. The van der Waals surface area contributed by atoms with Crippen LogP contribution < -0.4 is 0 Å². The molecule has 6 nitrogen and oxygen atoms in total. The van der Waals surface area contributed by atoms with Gasteiger partial charge >= 0.3 is 5.97 Å². The molecule has 118 valence electrons. The van der Waals surface area contributed by atoms with E-state index in [-0.39, 0.29) is 6.61 Å². The molecular formula is C14H26O6. The number of ether oxygens (including phenoxy) is 5. The van der Waals surface area contributed by atoms with Gasteiger partial charge in [-0.15, -0.1) is 0 Å². The van der Waals surface area contributed by atoms with E-state index in [4.69, 9.17) is 23.7 Å². The van der Waals surface area contributed by atoms with E-state index in [0.29, 0.717) is 58.4 Å². The Hall–Kier alpha value is -0.950. The van der Waals surface area contributed by atoms with E-state index < -0.39 is 5.97 Å². The molecule has 0 atom stereocenters. The Morgan fingerprint density at radius 3 is 1.60 bits per heavy atom. The Kier molecular flexibility index (Phi) is 13.8. The molecule has 0 aromatic carbocycles. The number of carbonyl (C=O) groups is 1. The Bertz CT molecular complexity index is 254. The van der Waals surface area contributed by atoms with Crippen LogP contribution >= 0.6 is 0 Å². The first-order valence-corrected chi connectivity index (χ1v) is 6.82. The summed E-state index contributed by atoms with van der Waals surface area (Å²) in [5.41, 5.74) is 0.387. The zero-order chi connectivity index (χ0) is 15.1. The third-order valence-corrected chi connectivity index (χ3v) is 2.13. The van der Waals surface area contributed by atoms with Crippen LogP contribution in [0, 0.1) is 0 Å². The summed E-state index contributed by atoms with van der Waals surface area (Å²) < 4.78 is 25.8. The van der Waals surface area contributed by atoms with Crippen molar-refractivity contribution >= 4 is 5.97 Å². The Balaban J connectivity index is 3.06. The zero-order valence-corrected chi connectivity index (χ0v) is 12.5. The molecule has 0 aromatic heterocycles. The first-order valence-electron chi connectivity index (χ1n) is 6.82. The van der Waals surface area contributed by atoms with Crippen LogP contribution in [0.25, 0.3) is 0 Å². The highest BCUT2D eigenvalue weighted by Crippen LogP contribution is 1.91. The van der Waals surface area contributed by atoms with Gasteiger partial charge < -0.3 is 23.7 Å². The summed E-state index contributed by atoms with van der Waals surface area (Å²) in [6.07, 6.45) is 0. The van der Waals surface area contributed by atoms with Crippen molar-refractivity contribution in [3.05, 3.63) is 12.2 Å². The standard InChI is InChI=1S/C14H26O6/c1-4-16-5-6-17-7-8-18-9-10-19-11-12-20-14(15)13(2)3/h2,4-12H2,1,3H3. The van der Waals surface area contributed by atoms with E-state index in [0.717, 1.165) is 0 Å². The zero-order valence-electron chi connectivity index (χ0n) is 12.5. The van der Waals surface area contributed by atoms with E-state index in [2.05, 4.69) is 6.58 Å². The van der Waals surface area contributed by atoms with Crippen molar-refractivity contribution in [2.24, 2.45) is 0 Å². The molecule has 0 aliphatic rings. The molecule has 0 amide bonds. The average Bonchev–Trinajstić information content (AvgIpc) is 2.43. The van der Waals surface area contributed by atoms with Crippen molar-refractivity contribution < 1.29 is 28.5 Å². The second-order valence-corrected chi connectivity index (χ2v) is 3.95. The SMILES string of the molecule is C=C(C)C(=O)OCCOCCOCCOCCOCC. The maximum Gasteiger partial charge on any atom is 0.333 e. The minimum Gasteiger partial charge on any atom is -0.460 e. The quantitative estimate of drug-likeness (QED) is 0.272. The third-order valence-electron chi connectivity index (χ3n) is 2.13. The smallest absolute Gasteiger partial charge is 0.333 e. The molecular weight excluding hydrogens is 264 g/mol. The van der Waals surface area contributed by atoms with E-state index in [9.17, 15) is 4.79 Å². The monoisotopic (exact) mass is 290 g/mol. The van der Waals surface area contributed by atoms with Crippen molar-refractivity contribution in [2.75, 3.05) is 59.5 Å². The fourth-order valence-electron chi connectivity index (χ4n) is 1.12. The minimum absolute atomic E-state index is 0.228. The number of hydrogen-bond donors (Lipinski definition) is 0. The number of carbonyl (C=O) groups excluding carboxylic acids is 1. The molecule has 0 heterocycles. The van der Waals surface area contributed by atoms with Crippen LogP contribution in [-0.2, 0) is 28.5 Å². The molecule has 0 aromatic rings. The summed E-state index contributed by atoms with van der Waals surface area (Å²) >= 11 is 0. The van der Waals surface area contributed by atoms with Crippen molar-refractivity contribution in [1.82, 2.24) is 0 Å². The van der Waals surface area contributed by atoms with Gasteiger partial charge in [0.15, 0.2) is 0 Å². The van der Waals surface area contributed by atoms with Gasteiger partial charge in [-0.1, -0.05) is 6.58 Å². The van der Waals surface area contributed by atoms with Gasteiger partial charge in [-0.25, -0.2) is 4.79 Å². The predicted octanol–water partition coefficient (Wildman–Crippen LogP) is 1.19. The highest BCUT2D eigenvalue weighted by atomic mass is 16.6. The van der Waals surface area contributed by atoms with Gasteiger partial charge in [0.05, 0.1) is 46.2 Å². The van der Waals surface area contributed by atoms with Crippen LogP contribution in [0.3, 0.4) is 0 Å². The lowest BCUT2D eigenvalue weighted by Crippen LogP contribution is -2.14. The van der Waals surface area contributed by atoms with Crippen molar-refractivity contribution in [3.63, 3.8) is 0 Å². The van der Waals surface area contributed by atoms with Crippen molar-refractivity contribution in [2.45, 2.75) is 13.8 Å². The Labute approximate surface area is 121 Å². The Morgan fingerprint density at radius 1 is 0.800 bits per heavy atom. The summed E-state index contributed by atoms with van der Waals surface area (Å²) in [4.78, 5) is 11.0. The summed E-state index contributed by atoms with van der Waals surface area (Å²) in [6.45, 7) is 11.5. The number of rotatable bonds is 14. The van der Waals surface area contributed by atoms with Gasteiger partial charge in [0.2, 0.25) is 0 Å². The van der Waals surface area contributed by atoms with Gasteiger partial charge in [-0.3, -0.25) is 0 Å². The van der Waals surface area contributed by atoms with Crippen molar-refractivity contribution in [3.8, 4) is 0 Å².